The van der Waals surface area contributed by atoms with Crippen LogP contribution >= 0.6 is 0 Å². The van der Waals surface area contributed by atoms with Crippen LogP contribution in [0.3, 0.4) is 0 Å². The molecule has 0 unspecified atom stereocenters. The van der Waals surface area contributed by atoms with Crippen molar-refractivity contribution in [2.75, 3.05) is 0 Å². The highest BCUT2D eigenvalue weighted by molar-refractivity contribution is 5.91. The summed E-state index contributed by atoms with van der Waals surface area (Å²) in [4.78, 5) is 26.6. The van der Waals surface area contributed by atoms with Crippen molar-refractivity contribution in [3.05, 3.63) is 35.4 Å². The number of benzene rings is 1. The van der Waals surface area contributed by atoms with Crippen LogP contribution < -0.4 is 0 Å². The Bertz CT molecular complexity index is 540. The number of aliphatic imine (C=N–C) groups is 1. The van der Waals surface area contributed by atoms with Crippen molar-refractivity contribution in [3.8, 4) is 0 Å². The van der Waals surface area contributed by atoms with Gasteiger partial charge in [0.05, 0.1) is 17.2 Å². The zero-order valence-electron chi connectivity index (χ0n) is 11.9. The number of isocyanates is 1. The fourth-order valence-corrected chi connectivity index (χ4v) is 2.52. The van der Waals surface area contributed by atoms with Crippen molar-refractivity contribution < 1.29 is 14.3 Å². The molecule has 1 aliphatic carbocycles. The van der Waals surface area contributed by atoms with Crippen LogP contribution in [0.15, 0.2) is 29.3 Å². The van der Waals surface area contributed by atoms with Gasteiger partial charge in [-0.2, -0.15) is 4.99 Å². The van der Waals surface area contributed by atoms with Gasteiger partial charge in [-0.1, -0.05) is 18.2 Å². The molecule has 4 nitrogen and oxygen atoms in total. The van der Waals surface area contributed by atoms with Crippen molar-refractivity contribution in [1.82, 2.24) is 0 Å². The van der Waals surface area contributed by atoms with Gasteiger partial charge in [-0.25, -0.2) is 9.59 Å². The lowest BCUT2D eigenvalue weighted by atomic mass is 9.73. The standard InChI is InChI=1S/C16H19NO3/c1-12(2)20-15(19)14-7-4-3-6-13(14)10-16(17-11-18)8-5-9-16/h3-4,6-7,12H,5,8-10H2,1-2H3. The molecular formula is C16H19NO3. The van der Waals surface area contributed by atoms with Crippen LogP contribution in [0, 0.1) is 0 Å². The molecule has 0 spiro atoms. The van der Waals surface area contributed by atoms with Crippen molar-refractivity contribution in [1.29, 1.82) is 0 Å². The average Bonchev–Trinajstić information content (AvgIpc) is 2.36. The third-order valence-corrected chi connectivity index (χ3v) is 3.67. The zero-order valence-corrected chi connectivity index (χ0v) is 11.9. The molecule has 0 N–H and O–H groups in total. The molecule has 1 aromatic carbocycles. The van der Waals surface area contributed by atoms with Gasteiger partial charge in [-0.05, 0) is 51.2 Å². The second kappa shape index (κ2) is 6.02. The second-order valence-corrected chi connectivity index (χ2v) is 5.57. The van der Waals surface area contributed by atoms with E-state index in [2.05, 4.69) is 4.99 Å². The van der Waals surface area contributed by atoms with Crippen molar-refractivity contribution in [2.24, 2.45) is 4.99 Å². The van der Waals surface area contributed by atoms with Crippen molar-refractivity contribution in [3.63, 3.8) is 0 Å². The summed E-state index contributed by atoms with van der Waals surface area (Å²) >= 11 is 0. The fourth-order valence-electron chi connectivity index (χ4n) is 2.52. The molecule has 1 aliphatic rings. The largest absolute Gasteiger partial charge is 0.459 e. The maximum Gasteiger partial charge on any atom is 0.338 e. The predicted molar refractivity (Wildman–Crippen MR) is 75.4 cm³/mol. The molecular weight excluding hydrogens is 254 g/mol. The lowest BCUT2D eigenvalue weighted by Crippen LogP contribution is -2.37. The van der Waals surface area contributed by atoms with Gasteiger partial charge in [-0.15, -0.1) is 0 Å². The van der Waals surface area contributed by atoms with Gasteiger partial charge in [0.1, 0.15) is 0 Å². The maximum absolute atomic E-state index is 12.1. The molecule has 0 saturated heterocycles. The van der Waals surface area contributed by atoms with E-state index in [-0.39, 0.29) is 17.6 Å². The van der Waals surface area contributed by atoms with E-state index in [0.29, 0.717) is 12.0 Å². The Labute approximate surface area is 118 Å². The Kier molecular flexibility index (Phi) is 4.35. The summed E-state index contributed by atoms with van der Waals surface area (Å²) in [6.07, 6.45) is 4.91. The molecule has 0 bridgehead atoms. The number of ether oxygens (including phenoxy) is 1. The number of nitrogens with zero attached hydrogens (tertiary/aromatic N) is 1. The smallest absolute Gasteiger partial charge is 0.338 e. The maximum atomic E-state index is 12.1. The van der Waals surface area contributed by atoms with Crippen molar-refractivity contribution >= 4 is 12.0 Å². The van der Waals surface area contributed by atoms with Gasteiger partial charge in [-0.3, -0.25) is 0 Å². The molecule has 0 heterocycles. The minimum Gasteiger partial charge on any atom is -0.459 e. The highest BCUT2D eigenvalue weighted by Gasteiger charge is 2.38. The topological polar surface area (TPSA) is 55.7 Å². The first kappa shape index (κ1) is 14.5. The van der Waals surface area contributed by atoms with Gasteiger partial charge in [0.15, 0.2) is 0 Å². The van der Waals surface area contributed by atoms with E-state index in [0.717, 1.165) is 24.8 Å². The fraction of sp³-hybridized carbons (Fsp3) is 0.500. The first-order valence-electron chi connectivity index (χ1n) is 6.94. The molecule has 106 valence electrons. The second-order valence-electron chi connectivity index (χ2n) is 5.57. The van der Waals surface area contributed by atoms with E-state index in [1.165, 1.54) is 0 Å². The number of rotatable bonds is 5. The van der Waals surface area contributed by atoms with Gasteiger partial charge in [0.25, 0.3) is 0 Å². The molecule has 0 aliphatic heterocycles. The van der Waals surface area contributed by atoms with Crippen LogP contribution in [0.2, 0.25) is 0 Å². The average molecular weight is 273 g/mol. The van der Waals surface area contributed by atoms with E-state index < -0.39 is 0 Å². The predicted octanol–water partition coefficient (Wildman–Crippen LogP) is 3.05. The van der Waals surface area contributed by atoms with E-state index >= 15 is 0 Å². The SMILES string of the molecule is CC(C)OC(=O)c1ccccc1CC1(N=C=O)CCC1. The Morgan fingerprint density at radius 2 is 2.10 bits per heavy atom. The molecule has 0 aromatic heterocycles. The van der Waals surface area contributed by atoms with Crippen LogP contribution in [0.5, 0.6) is 0 Å². The third-order valence-electron chi connectivity index (χ3n) is 3.67. The van der Waals surface area contributed by atoms with E-state index in [1.54, 1.807) is 12.1 Å². The summed E-state index contributed by atoms with van der Waals surface area (Å²) in [5.74, 6) is -0.319. The van der Waals surface area contributed by atoms with Crippen LogP contribution in [-0.4, -0.2) is 23.7 Å². The molecule has 2 rings (SSSR count). The van der Waals surface area contributed by atoms with Gasteiger partial charge in [0, 0.05) is 0 Å². The number of hydrogen-bond donors (Lipinski definition) is 0. The van der Waals surface area contributed by atoms with E-state index in [9.17, 15) is 9.59 Å². The minimum absolute atomic E-state index is 0.152. The Morgan fingerprint density at radius 1 is 1.40 bits per heavy atom. The Balaban J connectivity index is 2.24. The van der Waals surface area contributed by atoms with E-state index in [1.807, 2.05) is 32.0 Å². The summed E-state index contributed by atoms with van der Waals surface area (Å²) in [6.45, 7) is 3.65. The summed E-state index contributed by atoms with van der Waals surface area (Å²) in [6, 6.07) is 7.36. The summed E-state index contributed by atoms with van der Waals surface area (Å²) in [7, 11) is 0. The number of esters is 1. The molecule has 4 heteroatoms. The molecule has 1 aromatic rings. The first-order chi connectivity index (χ1) is 9.56. The monoisotopic (exact) mass is 273 g/mol. The minimum atomic E-state index is -0.365. The molecule has 0 amide bonds. The lowest BCUT2D eigenvalue weighted by molar-refractivity contribution is 0.0376. The Hall–Kier alpha value is -1.93. The van der Waals surface area contributed by atoms with Crippen LogP contribution in [-0.2, 0) is 16.0 Å². The molecule has 1 fully saturated rings. The highest BCUT2D eigenvalue weighted by atomic mass is 16.5. The van der Waals surface area contributed by atoms with Gasteiger partial charge < -0.3 is 4.74 Å². The molecule has 1 saturated carbocycles. The van der Waals surface area contributed by atoms with Gasteiger partial charge >= 0.3 is 5.97 Å². The first-order valence-corrected chi connectivity index (χ1v) is 6.94. The number of carbonyl (C=O) groups excluding carboxylic acids is 2. The third kappa shape index (κ3) is 3.14. The van der Waals surface area contributed by atoms with Gasteiger partial charge in [0.2, 0.25) is 6.08 Å². The number of carbonyl (C=O) groups is 1. The van der Waals surface area contributed by atoms with E-state index in [4.69, 9.17) is 4.74 Å². The normalized spacial score (nSPS) is 16.1. The lowest BCUT2D eigenvalue weighted by Gasteiger charge is -2.37. The summed E-state index contributed by atoms with van der Waals surface area (Å²) in [5, 5.41) is 0. The zero-order chi connectivity index (χ0) is 14.6. The molecule has 0 radical (unpaired) electrons. The molecule has 20 heavy (non-hydrogen) atoms. The van der Waals surface area contributed by atoms with Crippen LogP contribution in [0.1, 0.15) is 49.0 Å². The van der Waals surface area contributed by atoms with Crippen molar-refractivity contribution in [2.45, 2.75) is 51.2 Å². The quantitative estimate of drug-likeness (QED) is 0.470. The Morgan fingerprint density at radius 3 is 2.65 bits per heavy atom. The molecule has 0 atom stereocenters. The summed E-state index contributed by atoms with van der Waals surface area (Å²) in [5.41, 5.74) is 1.08. The van der Waals surface area contributed by atoms with Crippen LogP contribution in [0.25, 0.3) is 0 Å². The van der Waals surface area contributed by atoms with Crippen LogP contribution in [0.4, 0.5) is 0 Å². The summed E-state index contributed by atoms with van der Waals surface area (Å²) < 4.78 is 5.26. The highest BCUT2D eigenvalue weighted by Crippen LogP contribution is 2.39. The number of hydrogen-bond acceptors (Lipinski definition) is 4.